The molecule has 9 heteroatoms. The number of amides is 3. The van der Waals surface area contributed by atoms with Gasteiger partial charge >= 0.3 is 0 Å². The highest BCUT2D eigenvalue weighted by molar-refractivity contribution is 6.43. The molecular formula is C23H26Cl2N4O3. The van der Waals surface area contributed by atoms with Crippen LogP contribution in [0, 0.1) is 0 Å². The average Bonchev–Trinajstić information content (AvgIpc) is 2.79. The van der Waals surface area contributed by atoms with Crippen molar-refractivity contribution in [2.75, 3.05) is 33.2 Å². The van der Waals surface area contributed by atoms with Gasteiger partial charge in [-0.3, -0.25) is 14.4 Å². The molecule has 1 fully saturated rings. The molecule has 1 unspecified atom stereocenters. The van der Waals surface area contributed by atoms with Gasteiger partial charge in [0.2, 0.25) is 5.91 Å². The number of likely N-dealkylation sites (N-methyl/N-ethyl adjacent to an activating group) is 1. The number of nitrogens with one attached hydrogen (secondary N) is 2. The maximum absolute atomic E-state index is 12.6. The standard InChI is InChI=1S/C23H26Cl2N4O3/c1-15(27-22(31)18-4-3-5-19(24)20(18)25)21(30)26-14-16-6-8-17(9-7-16)23(32)29-12-10-28(2)11-13-29/h3-9,15H,10-14H2,1-2H3,(H,26,30)(H,27,31). The van der Waals surface area contributed by atoms with Crippen LogP contribution in [0.25, 0.3) is 0 Å². The second-order valence-corrected chi connectivity index (χ2v) is 8.59. The topological polar surface area (TPSA) is 81.8 Å². The lowest BCUT2D eigenvalue weighted by atomic mass is 10.1. The van der Waals surface area contributed by atoms with Crippen LogP contribution < -0.4 is 10.6 Å². The molecule has 1 aliphatic heterocycles. The fraction of sp³-hybridized carbons (Fsp3) is 0.348. The van der Waals surface area contributed by atoms with E-state index in [1.165, 1.54) is 0 Å². The van der Waals surface area contributed by atoms with Crippen LogP contribution in [0.1, 0.15) is 33.2 Å². The summed E-state index contributed by atoms with van der Waals surface area (Å²) in [6, 6.07) is 11.2. The minimum absolute atomic E-state index is 0.0182. The Balaban J connectivity index is 1.50. The van der Waals surface area contributed by atoms with E-state index in [1.54, 1.807) is 37.3 Å². The first kappa shape index (κ1) is 24.0. The Morgan fingerprint density at radius 3 is 2.31 bits per heavy atom. The van der Waals surface area contributed by atoms with Crippen molar-refractivity contribution in [3.8, 4) is 0 Å². The van der Waals surface area contributed by atoms with E-state index in [-0.39, 0.29) is 34.0 Å². The Morgan fingerprint density at radius 2 is 1.66 bits per heavy atom. The van der Waals surface area contributed by atoms with Crippen LogP contribution in [0.4, 0.5) is 0 Å². The van der Waals surface area contributed by atoms with E-state index < -0.39 is 11.9 Å². The molecule has 1 heterocycles. The molecule has 0 radical (unpaired) electrons. The van der Waals surface area contributed by atoms with Gasteiger partial charge in [-0.05, 0) is 43.8 Å². The van der Waals surface area contributed by atoms with Gasteiger partial charge in [0.05, 0.1) is 15.6 Å². The van der Waals surface area contributed by atoms with Crippen LogP contribution in [0.3, 0.4) is 0 Å². The fourth-order valence-corrected chi connectivity index (χ4v) is 3.71. The van der Waals surface area contributed by atoms with Gasteiger partial charge in [0.1, 0.15) is 6.04 Å². The third-order valence-electron chi connectivity index (χ3n) is 5.40. The van der Waals surface area contributed by atoms with Crippen LogP contribution in [-0.2, 0) is 11.3 Å². The number of carbonyl (C=O) groups excluding carboxylic acids is 3. The summed E-state index contributed by atoms with van der Waals surface area (Å²) in [6.07, 6.45) is 0. The lowest BCUT2D eigenvalue weighted by molar-refractivity contribution is -0.122. The highest BCUT2D eigenvalue weighted by Crippen LogP contribution is 2.25. The molecule has 170 valence electrons. The minimum atomic E-state index is -0.768. The number of halogens is 2. The first-order chi connectivity index (χ1) is 15.3. The summed E-state index contributed by atoms with van der Waals surface area (Å²) in [6.45, 7) is 5.04. The largest absolute Gasteiger partial charge is 0.350 e. The molecule has 0 bridgehead atoms. The summed E-state index contributed by atoms with van der Waals surface area (Å²) in [4.78, 5) is 41.4. The van der Waals surface area contributed by atoms with Gasteiger partial charge in [0.15, 0.2) is 0 Å². The summed E-state index contributed by atoms with van der Waals surface area (Å²) in [5, 5.41) is 5.81. The molecule has 0 saturated carbocycles. The first-order valence-electron chi connectivity index (χ1n) is 10.4. The van der Waals surface area contributed by atoms with Gasteiger partial charge in [-0.15, -0.1) is 0 Å². The molecule has 7 nitrogen and oxygen atoms in total. The van der Waals surface area contributed by atoms with Crippen molar-refractivity contribution in [2.24, 2.45) is 0 Å². The first-order valence-corrected chi connectivity index (χ1v) is 11.1. The number of piperazine rings is 1. The summed E-state index contributed by atoms with van der Waals surface area (Å²) < 4.78 is 0. The van der Waals surface area contributed by atoms with E-state index in [4.69, 9.17) is 23.2 Å². The Hall–Kier alpha value is -2.61. The van der Waals surface area contributed by atoms with Crippen molar-refractivity contribution >= 4 is 40.9 Å². The molecule has 2 N–H and O–H groups in total. The van der Waals surface area contributed by atoms with Gasteiger partial charge in [0.25, 0.3) is 11.8 Å². The number of carbonyl (C=O) groups is 3. The lowest BCUT2D eigenvalue weighted by Crippen LogP contribution is -2.47. The number of benzene rings is 2. The monoisotopic (exact) mass is 476 g/mol. The van der Waals surface area contributed by atoms with Crippen LogP contribution >= 0.6 is 23.2 Å². The molecule has 1 saturated heterocycles. The summed E-state index contributed by atoms with van der Waals surface area (Å²) in [5.41, 5.74) is 1.69. The predicted molar refractivity (Wildman–Crippen MR) is 125 cm³/mol. The molecule has 0 aliphatic carbocycles. The molecule has 1 atom stereocenters. The number of nitrogens with zero attached hydrogens (tertiary/aromatic N) is 2. The maximum atomic E-state index is 12.6. The molecule has 0 aromatic heterocycles. The molecule has 3 amide bonds. The zero-order valence-corrected chi connectivity index (χ0v) is 19.5. The van der Waals surface area contributed by atoms with Crippen LogP contribution in [-0.4, -0.2) is 66.8 Å². The normalized spacial score (nSPS) is 15.2. The Labute approximate surface area is 197 Å². The van der Waals surface area contributed by atoms with Crippen molar-refractivity contribution in [2.45, 2.75) is 19.5 Å². The third-order valence-corrected chi connectivity index (χ3v) is 6.21. The van der Waals surface area contributed by atoms with Gasteiger partial charge in [-0.2, -0.15) is 0 Å². The summed E-state index contributed by atoms with van der Waals surface area (Å²) in [7, 11) is 2.05. The zero-order valence-electron chi connectivity index (χ0n) is 18.0. The van der Waals surface area contributed by atoms with E-state index >= 15 is 0 Å². The second-order valence-electron chi connectivity index (χ2n) is 7.81. The van der Waals surface area contributed by atoms with E-state index in [0.717, 1.165) is 31.7 Å². The number of hydrogen-bond acceptors (Lipinski definition) is 4. The van der Waals surface area contributed by atoms with E-state index in [1.807, 2.05) is 24.1 Å². The molecular weight excluding hydrogens is 451 g/mol. The molecule has 2 aromatic carbocycles. The maximum Gasteiger partial charge on any atom is 0.253 e. The quantitative estimate of drug-likeness (QED) is 0.671. The van der Waals surface area contributed by atoms with Gasteiger partial charge < -0.3 is 20.4 Å². The van der Waals surface area contributed by atoms with Gasteiger partial charge in [-0.1, -0.05) is 41.4 Å². The van der Waals surface area contributed by atoms with Crippen molar-refractivity contribution < 1.29 is 14.4 Å². The lowest BCUT2D eigenvalue weighted by Gasteiger charge is -2.32. The average molecular weight is 477 g/mol. The van der Waals surface area contributed by atoms with Crippen LogP contribution in [0.15, 0.2) is 42.5 Å². The number of hydrogen-bond donors (Lipinski definition) is 2. The van der Waals surface area contributed by atoms with Crippen LogP contribution in [0.5, 0.6) is 0 Å². The highest BCUT2D eigenvalue weighted by Gasteiger charge is 2.21. The Morgan fingerprint density at radius 1 is 1.00 bits per heavy atom. The van der Waals surface area contributed by atoms with E-state index in [0.29, 0.717) is 5.56 Å². The fourth-order valence-electron chi connectivity index (χ4n) is 3.32. The smallest absolute Gasteiger partial charge is 0.253 e. The predicted octanol–water partition coefficient (Wildman–Crippen LogP) is 2.82. The SMILES string of the molecule is CC(NC(=O)c1cccc(Cl)c1Cl)C(=O)NCc1ccc(C(=O)N2CCN(C)CC2)cc1. The van der Waals surface area contributed by atoms with Crippen molar-refractivity contribution in [3.63, 3.8) is 0 Å². The summed E-state index contributed by atoms with van der Waals surface area (Å²) in [5.74, 6) is -0.800. The third kappa shape index (κ3) is 6.00. The van der Waals surface area contributed by atoms with Crippen molar-refractivity contribution in [3.05, 3.63) is 69.2 Å². The molecule has 2 aromatic rings. The van der Waals surface area contributed by atoms with E-state index in [2.05, 4.69) is 15.5 Å². The molecule has 32 heavy (non-hydrogen) atoms. The van der Waals surface area contributed by atoms with Gasteiger partial charge in [-0.25, -0.2) is 0 Å². The second kappa shape index (κ2) is 10.8. The van der Waals surface area contributed by atoms with Gasteiger partial charge in [0, 0.05) is 38.3 Å². The Kier molecular flexibility index (Phi) is 8.12. The highest BCUT2D eigenvalue weighted by atomic mass is 35.5. The summed E-state index contributed by atoms with van der Waals surface area (Å²) >= 11 is 12.0. The molecule has 3 rings (SSSR count). The Bertz CT molecular complexity index is 989. The number of rotatable bonds is 6. The van der Waals surface area contributed by atoms with Crippen molar-refractivity contribution in [1.29, 1.82) is 0 Å². The van der Waals surface area contributed by atoms with Crippen molar-refractivity contribution in [1.82, 2.24) is 20.4 Å². The molecule has 1 aliphatic rings. The zero-order chi connectivity index (χ0) is 23.3. The van der Waals surface area contributed by atoms with E-state index in [9.17, 15) is 14.4 Å². The van der Waals surface area contributed by atoms with Crippen LogP contribution in [0.2, 0.25) is 10.0 Å². The molecule has 0 spiro atoms. The minimum Gasteiger partial charge on any atom is -0.350 e.